The van der Waals surface area contributed by atoms with Crippen molar-refractivity contribution in [2.75, 3.05) is 0 Å². The molecule has 0 radical (unpaired) electrons. The van der Waals surface area contributed by atoms with Gasteiger partial charge in [0.15, 0.2) is 17.5 Å². The van der Waals surface area contributed by atoms with Crippen LogP contribution in [-0.2, 0) is 0 Å². The lowest BCUT2D eigenvalue weighted by molar-refractivity contribution is 0.670. The highest BCUT2D eigenvalue weighted by Gasteiger charge is 2.20. The summed E-state index contributed by atoms with van der Waals surface area (Å²) in [5.74, 6) is 1.85. The molecular weight excluding hydrogens is 599 g/mol. The Morgan fingerprint density at radius 2 is 0.918 bits per heavy atom. The second kappa shape index (κ2) is 11.0. The van der Waals surface area contributed by atoms with Crippen molar-refractivity contribution in [1.29, 1.82) is 0 Å². The maximum absolute atomic E-state index is 6.59. The Balaban J connectivity index is 1.25. The Morgan fingerprint density at radius 1 is 0.327 bits per heavy atom. The number of nitrogens with zero attached hydrogens (tertiary/aromatic N) is 3. The predicted molar refractivity (Wildman–Crippen MR) is 201 cm³/mol. The highest BCUT2D eigenvalue weighted by molar-refractivity contribution is 6.22. The van der Waals surface area contributed by atoms with Crippen molar-refractivity contribution < 1.29 is 4.42 Å². The van der Waals surface area contributed by atoms with E-state index in [-0.39, 0.29) is 0 Å². The van der Waals surface area contributed by atoms with Gasteiger partial charge in [0.25, 0.3) is 0 Å². The molecule has 228 valence electrons. The topological polar surface area (TPSA) is 51.8 Å². The Morgan fingerprint density at radius 3 is 1.76 bits per heavy atom. The number of aromatic nitrogens is 3. The first-order chi connectivity index (χ1) is 24.3. The molecule has 0 spiro atoms. The summed E-state index contributed by atoms with van der Waals surface area (Å²) in [4.78, 5) is 15.5. The van der Waals surface area contributed by atoms with Crippen LogP contribution in [0.2, 0.25) is 0 Å². The molecule has 0 unspecified atom stereocenters. The van der Waals surface area contributed by atoms with Gasteiger partial charge in [-0.05, 0) is 43.9 Å². The molecule has 2 aromatic heterocycles. The van der Waals surface area contributed by atoms with E-state index in [2.05, 4.69) is 115 Å². The molecule has 10 aromatic rings. The van der Waals surface area contributed by atoms with Gasteiger partial charge >= 0.3 is 0 Å². The first-order valence-electron chi connectivity index (χ1n) is 16.5. The van der Waals surface area contributed by atoms with E-state index in [0.717, 1.165) is 55.1 Å². The fourth-order valence-corrected chi connectivity index (χ4v) is 7.27. The summed E-state index contributed by atoms with van der Waals surface area (Å²) in [5, 5.41) is 9.18. The van der Waals surface area contributed by atoms with E-state index in [1.807, 2.05) is 48.5 Å². The molecule has 0 amide bonds. The predicted octanol–water partition coefficient (Wildman–Crippen LogP) is 11.9. The summed E-state index contributed by atoms with van der Waals surface area (Å²) >= 11 is 0. The number of fused-ring (bicyclic) bond motifs is 8. The fraction of sp³-hybridized carbons (Fsp3) is 0. The van der Waals surface area contributed by atoms with Gasteiger partial charge in [-0.15, -0.1) is 0 Å². The molecule has 2 heterocycles. The lowest BCUT2D eigenvalue weighted by Gasteiger charge is -2.13. The fourth-order valence-electron chi connectivity index (χ4n) is 7.27. The molecule has 0 saturated carbocycles. The summed E-state index contributed by atoms with van der Waals surface area (Å²) in [5.41, 5.74) is 6.60. The van der Waals surface area contributed by atoms with E-state index >= 15 is 0 Å². The van der Waals surface area contributed by atoms with Crippen LogP contribution in [0.5, 0.6) is 0 Å². The molecule has 0 aliphatic rings. The number of hydrogen-bond acceptors (Lipinski definition) is 4. The van der Waals surface area contributed by atoms with Crippen molar-refractivity contribution in [2.24, 2.45) is 0 Å². The zero-order chi connectivity index (χ0) is 32.3. The van der Waals surface area contributed by atoms with Crippen LogP contribution in [0.4, 0.5) is 0 Å². The Hall–Kier alpha value is -6.65. The Labute approximate surface area is 282 Å². The molecule has 0 aliphatic carbocycles. The number of benzene rings is 8. The minimum atomic E-state index is 0.602. The summed E-state index contributed by atoms with van der Waals surface area (Å²) in [7, 11) is 0. The first kappa shape index (κ1) is 27.5. The SMILES string of the molecule is c1ccc(-c2nc(-c3cccc4c3ccc3ccc5ccccc5c34)nc(-c3cccc4oc5c(-c6ccccc6)cccc5c34)n2)cc1. The summed E-state index contributed by atoms with van der Waals surface area (Å²) in [6.07, 6.45) is 0. The van der Waals surface area contributed by atoms with Crippen LogP contribution in [0.25, 0.3) is 99.5 Å². The van der Waals surface area contributed by atoms with Crippen LogP contribution in [0, 0.1) is 0 Å². The van der Waals surface area contributed by atoms with Crippen LogP contribution < -0.4 is 0 Å². The molecule has 0 saturated heterocycles. The normalized spacial score (nSPS) is 11.7. The third-order valence-electron chi connectivity index (χ3n) is 9.52. The van der Waals surface area contributed by atoms with Crippen molar-refractivity contribution in [1.82, 2.24) is 15.0 Å². The average Bonchev–Trinajstić information content (AvgIpc) is 3.57. The molecule has 4 heteroatoms. The van der Waals surface area contributed by atoms with Crippen molar-refractivity contribution in [3.63, 3.8) is 0 Å². The van der Waals surface area contributed by atoms with E-state index in [9.17, 15) is 0 Å². The average molecular weight is 626 g/mol. The largest absolute Gasteiger partial charge is 0.455 e. The van der Waals surface area contributed by atoms with Crippen molar-refractivity contribution in [2.45, 2.75) is 0 Å². The summed E-state index contributed by atoms with van der Waals surface area (Å²) in [6.45, 7) is 0. The zero-order valence-electron chi connectivity index (χ0n) is 26.3. The number of hydrogen-bond donors (Lipinski definition) is 0. The number of furan rings is 1. The molecule has 0 fully saturated rings. The molecule has 10 rings (SSSR count). The van der Waals surface area contributed by atoms with Crippen LogP contribution in [0.15, 0.2) is 168 Å². The maximum Gasteiger partial charge on any atom is 0.164 e. The van der Waals surface area contributed by atoms with Crippen molar-refractivity contribution in [3.8, 4) is 45.3 Å². The maximum atomic E-state index is 6.59. The Kier molecular flexibility index (Phi) is 6.15. The standard InChI is InChI=1S/C45H27N3O/c1-3-12-28(13-4-1)33-18-9-21-37-41-38(22-11-23-39(41)49-42(33)37)45-47-43(31-15-5-2-6-16-31)46-44(48-45)36-20-10-19-35-34(36)27-26-30-25-24-29-14-7-8-17-32(29)40(30)35/h1-27H. The Bertz CT molecular complexity index is 2880. The van der Waals surface area contributed by atoms with Crippen molar-refractivity contribution >= 4 is 54.3 Å². The van der Waals surface area contributed by atoms with Gasteiger partial charge in [-0.1, -0.05) is 158 Å². The third-order valence-corrected chi connectivity index (χ3v) is 9.52. The first-order valence-corrected chi connectivity index (χ1v) is 16.5. The van der Waals surface area contributed by atoms with Gasteiger partial charge in [0.1, 0.15) is 11.2 Å². The molecule has 0 bridgehead atoms. The molecule has 8 aromatic carbocycles. The summed E-state index contributed by atoms with van der Waals surface area (Å²) in [6, 6.07) is 56.8. The van der Waals surface area contributed by atoms with E-state index in [4.69, 9.17) is 19.4 Å². The minimum Gasteiger partial charge on any atom is -0.455 e. The van der Waals surface area contributed by atoms with Gasteiger partial charge in [-0.2, -0.15) is 0 Å². The minimum absolute atomic E-state index is 0.602. The van der Waals surface area contributed by atoms with Crippen molar-refractivity contribution in [3.05, 3.63) is 164 Å². The van der Waals surface area contributed by atoms with Crippen LogP contribution in [0.3, 0.4) is 0 Å². The van der Waals surface area contributed by atoms with Crippen LogP contribution in [0.1, 0.15) is 0 Å². The van der Waals surface area contributed by atoms with E-state index in [0.29, 0.717) is 17.5 Å². The molecule has 49 heavy (non-hydrogen) atoms. The monoisotopic (exact) mass is 625 g/mol. The van der Waals surface area contributed by atoms with Crippen LogP contribution >= 0.6 is 0 Å². The highest BCUT2D eigenvalue weighted by atomic mass is 16.3. The number of para-hydroxylation sites is 1. The summed E-state index contributed by atoms with van der Waals surface area (Å²) < 4.78 is 6.59. The quantitative estimate of drug-likeness (QED) is 0.183. The third kappa shape index (κ3) is 4.42. The van der Waals surface area contributed by atoms with Gasteiger partial charge < -0.3 is 4.42 Å². The highest BCUT2D eigenvalue weighted by Crippen LogP contribution is 2.41. The van der Waals surface area contributed by atoms with E-state index < -0.39 is 0 Å². The second-order valence-electron chi connectivity index (χ2n) is 12.4. The van der Waals surface area contributed by atoms with Crippen LogP contribution in [-0.4, -0.2) is 15.0 Å². The molecular formula is C45H27N3O. The van der Waals surface area contributed by atoms with Gasteiger partial charge in [0, 0.05) is 33.0 Å². The van der Waals surface area contributed by atoms with Gasteiger partial charge in [-0.25, -0.2) is 15.0 Å². The molecule has 0 aliphatic heterocycles. The smallest absolute Gasteiger partial charge is 0.164 e. The van der Waals surface area contributed by atoms with E-state index in [1.54, 1.807) is 0 Å². The molecule has 4 nitrogen and oxygen atoms in total. The van der Waals surface area contributed by atoms with Gasteiger partial charge in [-0.3, -0.25) is 0 Å². The lowest BCUT2D eigenvalue weighted by atomic mass is 9.94. The molecule has 0 atom stereocenters. The number of rotatable bonds is 4. The van der Waals surface area contributed by atoms with Gasteiger partial charge in [0.05, 0.1) is 0 Å². The lowest BCUT2D eigenvalue weighted by Crippen LogP contribution is -2.01. The molecule has 0 N–H and O–H groups in total. The zero-order valence-corrected chi connectivity index (χ0v) is 26.3. The van der Waals surface area contributed by atoms with E-state index in [1.165, 1.54) is 26.9 Å². The van der Waals surface area contributed by atoms with Gasteiger partial charge in [0.2, 0.25) is 0 Å². The second-order valence-corrected chi connectivity index (χ2v) is 12.4.